The standard InChI is InChI=1S/C17H24FN3O4.ClH/c1-24-15(11-19)10-16(22)20-6-8-21(9-7-20)17(23)12-25-14-4-2-13(18)3-5-14;/h2-5,15H,6-12,19H2,1H3;1H. The predicted molar refractivity (Wildman–Crippen MR) is 96.8 cm³/mol. The van der Waals surface area contributed by atoms with E-state index in [-0.39, 0.29) is 49.2 Å². The van der Waals surface area contributed by atoms with Crippen LogP contribution in [0.1, 0.15) is 6.42 Å². The van der Waals surface area contributed by atoms with Crippen LogP contribution in [0.2, 0.25) is 0 Å². The predicted octanol–water partition coefficient (Wildman–Crippen LogP) is 0.661. The summed E-state index contributed by atoms with van der Waals surface area (Å²) in [7, 11) is 1.53. The summed E-state index contributed by atoms with van der Waals surface area (Å²) in [5.74, 6) is -0.0964. The number of amides is 2. The summed E-state index contributed by atoms with van der Waals surface area (Å²) in [6.07, 6.45) is -0.0366. The van der Waals surface area contributed by atoms with Gasteiger partial charge < -0.3 is 25.0 Å². The number of carbonyl (C=O) groups is 2. The van der Waals surface area contributed by atoms with Gasteiger partial charge in [0.2, 0.25) is 5.91 Å². The van der Waals surface area contributed by atoms with Gasteiger partial charge in [0.1, 0.15) is 11.6 Å². The Hall–Kier alpha value is -1.90. The monoisotopic (exact) mass is 389 g/mol. The van der Waals surface area contributed by atoms with E-state index in [2.05, 4.69) is 0 Å². The fourth-order valence-electron chi connectivity index (χ4n) is 2.56. The zero-order valence-corrected chi connectivity index (χ0v) is 15.5. The van der Waals surface area contributed by atoms with Gasteiger partial charge in [0.05, 0.1) is 12.5 Å². The molecule has 2 rings (SSSR count). The number of methoxy groups -OCH3 is 1. The van der Waals surface area contributed by atoms with Crippen LogP contribution in [0.4, 0.5) is 4.39 Å². The Balaban J connectivity index is 0.00000338. The van der Waals surface area contributed by atoms with Gasteiger partial charge in [-0.15, -0.1) is 12.4 Å². The summed E-state index contributed by atoms with van der Waals surface area (Å²) in [6, 6.07) is 5.50. The molecule has 1 aromatic rings. The highest BCUT2D eigenvalue weighted by atomic mass is 35.5. The summed E-state index contributed by atoms with van der Waals surface area (Å²) < 4.78 is 23.3. The third kappa shape index (κ3) is 6.44. The van der Waals surface area contributed by atoms with E-state index in [1.54, 1.807) is 9.80 Å². The maximum Gasteiger partial charge on any atom is 0.260 e. The number of nitrogens with two attached hydrogens (primary N) is 1. The summed E-state index contributed by atoms with van der Waals surface area (Å²) in [5, 5.41) is 0. The number of ether oxygens (including phenoxy) is 2. The molecule has 0 aromatic heterocycles. The van der Waals surface area contributed by atoms with Crippen molar-refractivity contribution in [2.75, 3.05) is 46.4 Å². The minimum Gasteiger partial charge on any atom is -0.484 e. The molecular weight excluding hydrogens is 365 g/mol. The molecule has 1 unspecified atom stereocenters. The quantitative estimate of drug-likeness (QED) is 0.740. The van der Waals surface area contributed by atoms with E-state index in [4.69, 9.17) is 15.2 Å². The average Bonchev–Trinajstić information content (AvgIpc) is 2.65. The van der Waals surface area contributed by atoms with Crippen molar-refractivity contribution in [1.29, 1.82) is 0 Å². The lowest BCUT2D eigenvalue weighted by Crippen LogP contribution is -2.52. The van der Waals surface area contributed by atoms with Gasteiger partial charge in [0.25, 0.3) is 5.91 Å². The Labute approximate surface area is 158 Å². The van der Waals surface area contributed by atoms with Crippen LogP contribution in [-0.2, 0) is 14.3 Å². The van der Waals surface area contributed by atoms with Gasteiger partial charge in [0.15, 0.2) is 6.61 Å². The van der Waals surface area contributed by atoms with Gasteiger partial charge in [-0.05, 0) is 24.3 Å². The zero-order valence-electron chi connectivity index (χ0n) is 14.7. The molecule has 0 radical (unpaired) electrons. The normalized spacial score (nSPS) is 15.2. The highest BCUT2D eigenvalue weighted by molar-refractivity contribution is 5.85. The van der Waals surface area contributed by atoms with Crippen LogP contribution in [0, 0.1) is 5.82 Å². The highest BCUT2D eigenvalue weighted by Gasteiger charge is 2.25. The molecule has 7 nitrogen and oxygen atoms in total. The van der Waals surface area contributed by atoms with Crippen LogP contribution < -0.4 is 10.5 Å². The second-order valence-corrected chi connectivity index (χ2v) is 5.80. The Bertz CT molecular complexity index is 576. The molecule has 26 heavy (non-hydrogen) atoms. The SMILES string of the molecule is COC(CN)CC(=O)N1CCN(C(=O)COc2ccc(F)cc2)CC1.Cl. The largest absolute Gasteiger partial charge is 0.484 e. The number of benzene rings is 1. The van der Waals surface area contributed by atoms with Crippen LogP contribution in [0.3, 0.4) is 0 Å². The summed E-state index contributed by atoms with van der Waals surface area (Å²) >= 11 is 0. The van der Waals surface area contributed by atoms with Crippen molar-refractivity contribution in [3.05, 3.63) is 30.1 Å². The summed E-state index contributed by atoms with van der Waals surface area (Å²) in [5.41, 5.74) is 5.53. The number of carbonyl (C=O) groups excluding carboxylic acids is 2. The van der Waals surface area contributed by atoms with Crippen molar-refractivity contribution >= 4 is 24.2 Å². The smallest absolute Gasteiger partial charge is 0.260 e. The Morgan fingerprint density at radius 1 is 1.12 bits per heavy atom. The molecule has 1 aromatic carbocycles. The second-order valence-electron chi connectivity index (χ2n) is 5.80. The molecule has 0 bridgehead atoms. The van der Waals surface area contributed by atoms with Crippen molar-refractivity contribution in [1.82, 2.24) is 9.80 Å². The average molecular weight is 390 g/mol. The molecule has 0 saturated carbocycles. The first-order valence-corrected chi connectivity index (χ1v) is 8.20. The van der Waals surface area contributed by atoms with Crippen molar-refractivity contribution in [2.24, 2.45) is 5.73 Å². The van der Waals surface area contributed by atoms with Gasteiger partial charge in [0, 0.05) is 39.8 Å². The molecule has 2 amide bonds. The van der Waals surface area contributed by atoms with E-state index in [1.165, 1.54) is 31.4 Å². The van der Waals surface area contributed by atoms with Gasteiger partial charge >= 0.3 is 0 Å². The van der Waals surface area contributed by atoms with Gasteiger partial charge in [-0.25, -0.2) is 4.39 Å². The number of hydrogen-bond acceptors (Lipinski definition) is 5. The van der Waals surface area contributed by atoms with Gasteiger partial charge in [-0.2, -0.15) is 0 Å². The topological polar surface area (TPSA) is 85.1 Å². The zero-order chi connectivity index (χ0) is 18.2. The van der Waals surface area contributed by atoms with E-state index >= 15 is 0 Å². The molecule has 2 N–H and O–H groups in total. The number of nitrogens with zero attached hydrogens (tertiary/aromatic N) is 2. The van der Waals surface area contributed by atoms with Gasteiger partial charge in [-0.1, -0.05) is 0 Å². The number of hydrogen-bond donors (Lipinski definition) is 1. The molecule has 1 aliphatic rings. The van der Waals surface area contributed by atoms with Crippen molar-refractivity contribution in [2.45, 2.75) is 12.5 Å². The van der Waals surface area contributed by atoms with Crippen LogP contribution in [0.25, 0.3) is 0 Å². The second kappa shape index (κ2) is 10.9. The minimum absolute atomic E-state index is 0. The number of halogens is 2. The third-order valence-corrected chi connectivity index (χ3v) is 4.16. The van der Waals surface area contributed by atoms with Crippen molar-refractivity contribution in [3.63, 3.8) is 0 Å². The maximum absolute atomic E-state index is 12.8. The van der Waals surface area contributed by atoms with E-state index in [0.29, 0.717) is 38.5 Å². The first-order chi connectivity index (χ1) is 12.0. The molecule has 1 saturated heterocycles. The van der Waals surface area contributed by atoms with E-state index in [0.717, 1.165) is 0 Å². The fourth-order valence-corrected chi connectivity index (χ4v) is 2.56. The summed E-state index contributed by atoms with van der Waals surface area (Å²) in [6.45, 7) is 2.04. The molecule has 1 aliphatic heterocycles. The van der Waals surface area contributed by atoms with E-state index < -0.39 is 0 Å². The number of piperazine rings is 1. The lowest BCUT2D eigenvalue weighted by molar-refractivity contribution is -0.141. The first-order valence-electron chi connectivity index (χ1n) is 8.20. The van der Waals surface area contributed by atoms with Crippen LogP contribution in [0.5, 0.6) is 5.75 Å². The van der Waals surface area contributed by atoms with E-state index in [1.807, 2.05) is 0 Å². The molecule has 9 heteroatoms. The molecule has 0 aliphatic carbocycles. The third-order valence-electron chi connectivity index (χ3n) is 4.16. The van der Waals surface area contributed by atoms with Gasteiger partial charge in [-0.3, -0.25) is 9.59 Å². The van der Waals surface area contributed by atoms with Crippen molar-refractivity contribution in [3.8, 4) is 5.75 Å². The highest BCUT2D eigenvalue weighted by Crippen LogP contribution is 2.12. The van der Waals surface area contributed by atoms with Crippen LogP contribution >= 0.6 is 12.4 Å². The molecular formula is C17H25ClFN3O4. The fraction of sp³-hybridized carbons (Fsp3) is 0.529. The summed E-state index contributed by atoms with van der Waals surface area (Å²) in [4.78, 5) is 27.7. The lowest BCUT2D eigenvalue weighted by atomic mass is 10.2. The Morgan fingerprint density at radius 2 is 1.65 bits per heavy atom. The molecule has 1 heterocycles. The van der Waals surface area contributed by atoms with Crippen molar-refractivity contribution < 1.29 is 23.5 Å². The molecule has 1 fully saturated rings. The lowest BCUT2D eigenvalue weighted by Gasteiger charge is -2.35. The Morgan fingerprint density at radius 3 is 2.15 bits per heavy atom. The van der Waals surface area contributed by atoms with Crippen LogP contribution in [0.15, 0.2) is 24.3 Å². The first kappa shape index (κ1) is 22.1. The maximum atomic E-state index is 12.8. The van der Waals surface area contributed by atoms with Crippen LogP contribution in [-0.4, -0.2) is 74.2 Å². The molecule has 146 valence electrons. The van der Waals surface area contributed by atoms with E-state index in [9.17, 15) is 14.0 Å². The molecule has 0 spiro atoms. The molecule has 1 atom stereocenters. The minimum atomic E-state index is -0.357. The number of rotatable bonds is 7. The Kier molecular flexibility index (Phi) is 9.32.